The Kier molecular flexibility index (Phi) is 5.70. The number of amides is 1. The van der Waals surface area contributed by atoms with E-state index < -0.39 is 11.0 Å². The molecular formula is C18H18ClN3O4. The third kappa shape index (κ3) is 4.50. The molecule has 0 saturated carbocycles. The number of benzene rings is 2. The van der Waals surface area contributed by atoms with Crippen molar-refractivity contribution in [3.8, 4) is 0 Å². The Bertz CT molecular complexity index is 822. The van der Waals surface area contributed by atoms with Gasteiger partial charge in [-0.05, 0) is 42.7 Å². The first kappa shape index (κ1) is 18.2. The van der Waals surface area contributed by atoms with Crippen LogP contribution in [-0.4, -0.2) is 23.5 Å². The van der Waals surface area contributed by atoms with Gasteiger partial charge in [-0.3, -0.25) is 14.9 Å². The highest BCUT2D eigenvalue weighted by molar-refractivity contribution is 6.30. The van der Waals surface area contributed by atoms with Crippen LogP contribution in [0.5, 0.6) is 0 Å². The second-order valence-electron chi connectivity index (χ2n) is 5.96. The number of hydrogen-bond acceptors (Lipinski definition) is 5. The van der Waals surface area contributed by atoms with Gasteiger partial charge in [0.05, 0.1) is 4.92 Å². The lowest BCUT2D eigenvalue weighted by atomic mass is 10.1. The summed E-state index contributed by atoms with van der Waals surface area (Å²) in [4.78, 5) is 22.8. The van der Waals surface area contributed by atoms with E-state index in [1.807, 2.05) is 18.2 Å². The molecule has 1 fully saturated rings. The molecule has 1 unspecified atom stereocenters. The van der Waals surface area contributed by atoms with Crippen molar-refractivity contribution in [2.24, 2.45) is 0 Å². The van der Waals surface area contributed by atoms with E-state index in [1.165, 1.54) is 6.07 Å². The molecule has 8 heteroatoms. The van der Waals surface area contributed by atoms with E-state index in [0.29, 0.717) is 29.5 Å². The fraction of sp³-hybridized carbons (Fsp3) is 0.278. The van der Waals surface area contributed by atoms with E-state index >= 15 is 0 Å². The first-order valence-electron chi connectivity index (χ1n) is 8.22. The Hall–Kier alpha value is -2.64. The third-order valence-electron chi connectivity index (χ3n) is 4.06. The van der Waals surface area contributed by atoms with Crippen molar-refractivity contribution >= 4 is 34.6 Å². The summed E-state index contributed by atoms with van der Waals surface area (Å²) in [6.07, 6.45) is 1.23. The van der Waals surface area contributed by atoms with Crippen molar-refractivity contribution in [3.63, 3.8) is 0 Å². The molecule has 0 radical (unpaired) electrons. The van der Waals surface area contributed by atoms with Crippen LogP contribution in [0.4, 0.5) is 17.1 Å². The van der Waals surface area contributed by atoms with E-state index in [-0.39, 0.29) is 11.6 Å². The monoisotopic (exact) mass is 375 g/mol. The van der Waals surface area contributed by atoms with E-state index in [9.17, 15) is 14.9 Å². The highest BCUT2D eigenvalue weighted by Gasteiger charge is 2.23. The summed E-state index contributed by atoms with van der Waals surface area (Å²) in [6, 6.07) is 11.8. The minimum Gasteiger partial charge on any atom is -0.375 e. The molecule has 2 N–H and O–H groups in total. The summed E-state index contributed by atoms with van der Waals surface area (Å²) < 4.78 is 5.37. The van der Waals surface area contributed by atoms with Crippen molar-refractivity contribution in [1.29, 1.82) is 0 Å². The highest BCUT2D eigenvalue weighted by atomic mass is 35.5. The normalized spacial score (nSPS) is 16.3. The number of hydrogen-bond donors (Lipinski definition) is 2. The van der Waals surface area contributed by atoms with Crippen LogP contribution in [0, 0.1) is 10.1 Å². The second kappa shape index (κ2) is 8.16. The van der Waals surface area contributed by atoms with E-state index in [4.69, 9.17) is 16.3 Å². The molecule has 26 heavy (non-hydrogen) atoms. The number of nitro benzene ring substituents is 1. The predicted molar refractivity (Wildman–Crippen MR) is 99.5 cm³/mol. The van der Waals surface area contributed by atoms with Crippen molar-refractivity contribution in [2.75, 3.05) is 17.2 Å². The van der Waals surface area contributed by atoms with Crippen LogP contribution in [0.15, 0.2) is 42.5 Å². The first-order chi connectivity index (χ1) is 12.5. The van der Waals surface area contributed by atoms with Gasteiger partial charge in [-0.2, -0.15) is 0 Å². The zero-order chi connectivity index (χ0) is 18.5. The van der Waals surface area contributed by atoms with Gasteiger partial charge < -0.3 is 15.4 Å². The van der Waals surface area contributed by atoms with Crippen LogP contribution in [-0.2, 0) is 16.1 Å². The van der Waals surface area contributed by atoms with Crippen LogP contribution >= 0.6 is 11.6 Å². The lowest BCUT2D eigenvalue weighted by molar-refractivity contribution is -0.383. The summed E-state index contributed by atoms with van der Waals surface area (Å²) in [5.74, 6) is -0.152. The lowest BCUT2D eigenvalue weighted by Crippen LogP contribution is -2.26. The standard InChI is InChI=1S/C18H18ClN3O4/c19-13-6-7-15(16(10-13)22(24)25)20-11-12-3-1-4-14(9-12)21-18(23)17-5-2-8-26-17/h1,3-4,6-7,9-10,17,20H,2,5,8,11H2,(H,21,23). The van der Waals surface area contributed by atoms with Crippen LogP contribution in [0.2, 0.25) is 5.02 Å². The van der Waals surface area contributed by atoms with Crippen LogP contribution in [0.3, 0.4) is 0 Å². The molecule has 0 spiro atoms. The Morgan fingerprint density at radius 2 is 2.15 bits per heavy atom. The van der Waals surface area contributed by atoms with Crippen molar-refractivity contribution < 1.29 is 14.5 Å². The predicted octanol–water partition coefficient (Wildman–Crippen LogP) is 3.98. The van der Waals surface area contributed by atoms with Crippen molar-refractivity contribution in [2.45, 2.75) is 25.5 Å². The molecule has 136 valence electrons. The molecule has 1 heterocycles. The van der Waals surface area contributed by atoms with Crippen LogP contribution < -0.4 is 10.6 Å². The second-order valence-corrected chi connectivity index (χ2v) is 6.40. The van der Waals surface area contributed by atoms with Gasteiger partial charge in [-0.1, -0.05) is 23.7 Å². The van der Waals surface area contributed by atoms with Crippen molar-refractivity contribution in [3.05, 3.63) is 63.2 Å². The number of nitrogens with zero attached hydrogens (tertiary/aromatic N) is 1. The Morgan fingerprint density at radius 3 is 2.88 bits per heavy atom. The van der Waals surface area contributed by atoms with Gasteiger partial charge in [-0.15, -0.1) is 0 Å². The summed E-state index contributed by atoms with van der Waals surface area (Å²) in [7, 11) is 0. The topological polar surface area (TPSA) is 93.5 Å². The number of rotatable bonds is 6. The fourth-order valence-electron chi connectivity index (χ4n) is 2.77. The van der Waals surface area contributed by atoms with E-state index in [1.54, 1.807) is 18.2 Å². The largest absolute Gasteiger partial charge is 0.375 e. The first-order valence-corrected chi connectivity index (χ1v) is 8.60. The molecule has 2 aromatic rings. The smallest absolute Gasteiger partial charge is 0.293 e. The maximum atomic E-state index is 12.1. The number of ether oxygens (including phenoxy) is 1. The lowest BCUT2D eigenvalue weighted by Gasteiger charge is -2.12. The molecule has 1 aliphatic heterocycles. The molecule has 3 rings (SSSR count). The van der Waals surface area contributed by atoms with E-state index in [2.05, 4.69) is 10.6 Å². The summed E-state index contributed by atoms with van der Waals surface area (Å²) >= 11 is 5.82. The molecule has 0 aliphatic carbocycles. The quantitative estimate of drug-likeness (QED) is 0.588. The molecule has 0 bridgehead atoms. The molecule has 0 aromatic heterocycles. The summed E-state index contributed by atoms with van der Waals surface area (Å²) in [6.45, 7) is 0.980. The van der Waals surface area contributed by atoms with Crippen LogP contribution in [0.25, 0.3) is 0 Å². The number of nitrogens with one attached hydrogen (secondary N) is 2. The number of carbonyl (C=O) groups is 1. The minimum absolute atomic E-state index is 0.0830. The minimum atomic E-state index is -0.480. The van der Waals surface area contributed by atoms with Gasteiger partial charge in [0.15, 0.2) is 0 Å². The molecule has 1 atom stereocenters. The van der Waals surface area contributed by atoms with Crippen LogP contribution in [0.1, 0.15) is 18.4 Å². The van der Waals surface area contributed by atoms with E-state index in [0.717, 1.165) is 18.4 Å². The molecular weight excluding hydrogens is 358 g/mol. The Morgan fingerprint density at radius 1 is 1.31 bits per heavy atom. The SMILES string of the molecule is O=C(Nc1cccc(CNc2ccc(Cl)cc2[N+](=O)[O-])c1)C1CCCO1. The number of carbonyl (C=O) groups excluding carboxylic acids is 1. The van der Waals surface area contributed by atoms with Crippen molar-refractivity contribution in [1.82, 2.24) is 0 Å². The number of halogens is 1. The molecule has 2 aromatic carbocycles. The number of nitro groups is 1. The zero-order valence-electron chi connectivity index (χ0n) is 13.9. The van der Waals surface area contributed by atoms with Gasteiger partial charge in [-0.25, -0.2) is 0 Å². The maximum absolute atomic E-state index is 12.1. The van der Waals surface area contributed by atoms with Gasteiger partial charge in [0.2, 0.25) is 0 Å². The van der Waals surface area contributed by atoms with Gasteiger partial charge in [0.25, 0.3) is 11.6 Å². The molecule has 1 saturated heterocycles. The van der Waals surface area contributed by atoms with Gasteiger partial charge in [0, 0.05) is 29.9 Å². The van der Waals surface area contributed by atoms with Gasteiger partial charge >= 0.3 is 0 Å². The third-order valence-corrected chi connectivity index (χ3v) is 4.29. The van der Waals surface area contributed by atoms with Gasteiger partial charge in [0.1, 0.15) is 11.8 Å². The summed E-state index contributed by atoms with van der Waals surface area (Å²) in [5, 5.41) is 17.3. The average molecular weight is 376 g/mol. The maximum Gasteiger partial charge on any atom is 0.293 e. The Labute approximate surface area is 155 Å². The molecule has 7 nitrogen and oxygen atoms in total. The average Bonchev–Trinajstić information content (AvgIpc) is 3.15. The Balaban J connectivity index is 1.66. The highest BCUT2D eigenvalue weighted by Crippen LogP contribution is 2.28. The molecule has 1 amide bonds. The molecule has 1 aliphatic rings. The zero-order valence-corrected chi connectivity index (χ0v) is 14.7. The summed E-state index contributed by atoms with van der Waals surface area (Å²) in [5.41, 5.74) is 1.84. The number of anilines is 2. The fourth-order valence-corrected chi connectivity index (χ4v) is 2.94.